The highest BCUT2D eigenvalue weighted by molar-refractivity contribution is 7.09. The molecule has 2 rings (SSSR count). The first-order chi connectivity index (χ1) is 8.59. The predicted octanol–water partition coefficient (Wildman–Crippen LogP) is 2.84. The highest BCUT2D eigenvalue weighted by Gasteiger charge is 2.16. The lowest BCUT2D eigenvalue weighted by molar-refractivity contribution is 0.673. The van der Waals surface area contributed by atoms with E-state index in [1.807, 2.05) is 6.92 Å². The number of nitrogens with zero attached hydrogens (tertiary/aromatic N) is 3. The van der Waals surface area contributed by atoms with Gasteiger partial charge in [-0.3, -0.25) is 0 Å². The van der Waals surface area contributed by atoms with E-state index in [0.717, 1.165) is 17.9 Å². The van der Waals surface area contributed by atoms with E-state index in [9.17, 15) is 0 Å². The number of nitrogens with two attached hydrogens (primary N) is 1. The molecule has 5 heteroatoms. The molecule has 0 fully saturated rings. The topological polar surface area (TPSA) is 55.0 Å². The molecule has 2 aromatic rings. The largest absolute Gasteiger partial charge is 0.383 e. The number of anilines is 2. The Morgan fingerprint density at radius 1 is 1.39 bits per heavy atom. The molecule has 0 aliphatic carbocycles. The molecular formula is C13H18N4S. The predicted molar refractivity (Wildman–Crippen MR) is 76.8 cm³/mol. The van der Waals surface area contributed by atoms with Crippen LogP contribution in [-0.2, 0) is 6.54 Å². The molecule has 0 saturated heterocycles. The van der Waals surface area contributed by atoms with Gasteiger partial charge in [0.1, 0.15) is 18.0 Å². The van der Waals surface area contributed by atoms with Crippen molar-refractivity contribution in [3.05, 3.63) is 34.3 Å². The lowest BCUT2D eigenvalue weighted by Gasteiger charge is -2.28. The van der Waals surface area contributed by atoms with Crippen molar-refractivity contribution in [2.24, 2.45) is 0 Å². The van der Waals surface area contributed by atoms with E-state index in [1.54, 1.807) is 11.3 Å². The monoisotopic (exact) mass is 262 g/mol. The Kier molecular flexibility index (Phi) is 3.81. The minimum absolute atomic E-state index is 0.361. The number of aromatic nitrogens is 2. The smallest absolute Gasteiger partial charge is 0.137 e. The van der Waals surface area contributed by atoms with Gasteiger partial charge in [0, 0.05) is 16.5 Å². The molecule has 0 amide bonds. The van der Waals surface area contributed by atoms with Gasteiger partial charge in [-0.1, -0.05) is 6.07 Å². The van der Waals surface area contributed by atoms with Crippen LogP contribution in [0, 0.1) is 6.92 Å². The molecule has 0 unspecified atom stereocenters. The molecule has 18 heavy (non-hydrogen) atoms. The second-order valence-electron chi connectivity index (χ2n) is 4.51. The molecule has 0 atom stereocenters. The van der Waals surface area contributed by atoms with Crippen molar-refractivity contribution in [3.8, 4) is 0 Å². The van der Waals surface area contributed by atoms with Crippen molar-refractivity contribution in [3.63, 3.8) is 0 Å². The number of hydrogen-bond donors (Lipinski definition) is 1. The molecule has 2 heterocycles. The van der Waals surface area contributed by atoms with Crippen LogP contribution in [0.25, 0.3) is 0 Å². The molecule has 2 aromatic heterocycles. The van der Waals surface area contributed by atoms with Crippen molar-refractivity contribution < 1.29 is 0 Å². The molecular weight excluding hydrogens is 244 g/mol. The average Bonchev–Trinajstić information content (AvgIpc) is 2.83. The van der Waals surface area contributed by atoms with Crippen LogP contribution in [0.5, 0.6) is 0 Å². The Bertz CT molecular complexity index is 508. The first kappa shape index (κ1) is 12.8. The van der Waals surface area contributed by atoms with E-state index in [-0.39, 0.29) is 0 Å². The summed E-state index contributed by atoms with van der Waals surface area (Å²) >= 11 is 1.76. The quantitative estimate of drug-likeness (QED) is 0.920. The first-order valence-corrected chi connectivity index (χ1v) is 6.83. The van der Waals surface area contributed by atoms with Crippen molar-refractivity contribution in [2.75, 3.05) is 10.6 Å². The molecule has 0 aliphatic rings. The van der Waals surface area contributed by atoms with E-state index >= 15 is 0 Å². The third-order valence-corrected chi connectivity index (χ3v) is 3.76. The van der Waals surface area contributed by atoms with Gasteiger partial charge in [-0.05, 0) is 32.2 Å². The fourth-order valence-electron chi connectivity index (χ4n) is 1.82. The summed E-state index contributed by atoms with van der Waals surface area (Å²) in [6, 6.07) is 4.57. The summed E-state index contributed by atoms with van der Waals surface area (Å²) in [4.78, 5) is 12.0. The van der Waals surface area contributed by atoms with Crippen molar-refractivity contribution >= 4 is 23.0 Å². The first-order valence-electron chi connectivity index (χ1n) is 5.95. The lowest BCUT2D eigenvalue weighted by atomic mass is 10.2. The molecule has 0 saturated carbocycles. The van der Waals surface area contributed by atoms with Crippen LogP contribution in [0.4, 0.5) is 11.6 Å². The van der Waals surface area contributed by atoms with Crippen LogP contribution in [0.15, 0.2) is 23.8 Å². The van der Waals surface area contributed by atoms with Crippen LogP contribution >= 0.6 is 11.3 Å². The van der Waals surface area contributed by atoms with Gasteiger partial charge >= 0.3 is 0 Å². The zero-order valence-corrected chi connectivity index (χ0v) is 11.7. The van der Waals surface area contributed by atoms with Crippen LogP contribution in [0.1, 0.15) is 24.3 Å². The van der Waals surface area contributed by atoms with E-state index in [0.29, 0.717) is 11.9 Å². The zero-order valence-electron chi connectivity index (χ0n) is 10.9. The Balaban J connectivity index is 2.33. The van der Waals surface area contributed by atoms with Crippen molar-refractivity contribution in [1.82, 2.24) is 9.97 Å². The van der Waals surface area contributed by atoms with Gasteiger partial charge < -0.3 is 10.6 Å². The summed E-state index contributed by atoms with van der Waals surface area (Å²) in [5, 5.41) is 2.09. The highest BCUT2D eigenvalue weighted by atomic mass is 32.1. The SMILES string of the molecule is Cc1c(N)ncnc1N(Cc1cccs1)C(C)C. The van der Waals surface area contributed by atoms with Gasteiger partial charge in [0.2, 0.25) is 0 Å². The Hall–Kier alpha value is -1.62. The highest BCUT2D eigenvalue weighted by Crippen LogP contribution is 2.25. The molecule has 0 aromatic carbocycles. The number of rotatable bonds is 4. The number of nitrogen functional groups attached to an aromatic ring is 1. The lowest BCUT2D eigenvalue weighted by Crippen LogP contribution is -2.31. The summed E-state index contributed by atoms with van der Waals surface area (Å²) in [6.45, 7) is 7.14. The molecule has 0 aliphatic heterocycles. The normalized spacial score (nSPS) is 10.9. The van der Waals surface area contributed by atoms with Crippen LogP contribution in [0.2, 0.25) is 0 Å². The second-order valence-corrected chi connectivity index (χ2v) is 5.54. The minimum atomic E-state index is 0.361. The molecule has 4 nitrogen and oxygen atoms in total. The maximum atomic E-state index is 5.86. The summed E-state index contributed by atoms with van der Waals surface area (Å²) in [5.74, 6) is 1.47. The van der Waals surface area contributed by atoms with E-state index in [1.165, 1.54) is 11.2 Å². The van der Waals surface area contributed by atoms with Crippen LogP contribution in [0.3, 0.4) is 0 Å². The summed E-state index contributed by atoms with van der Waals surface area (Å²) in [7, 11) is 0. The van der Waals surface area contributed by atoms with Gasteiger partial charge in [0.15, 0.2) is 0 Å². The fraction of sp³-hybridized carbons (Fsp3) is 0.385. The van der Waals surface area contributed by atoms with Gasteiger partial charge in [0.25, 0.3) is 0 Å². The van der Waals surface area contributed by atoms with Gasteiger partial charge in [-0.2, -0.15) is 0 Å². The molecule has 2 N–H and O–H groups in total. The Morgan fingerprint density at radius 2 is 2.17 bits per heavy atom. The number of thiophene rings is 1. The van der Waals surface area contributed by atoms with Crippen molar-refractivity contribution in [2.45, 2.75) is 33.4 Å². The standard InChI is InChI=1S/C13H18N4S/c1-9(2)17(7-11-5-4-6-18-11)13-10(3)12(14)15-8-16-13/h4-6,8-9H,7H2,1-3H3,(H2,14,15,16). The van der Waals surface area contributed by atoms with Gasteiger partial charge in [-0.25, -0.2) is 9.97 Å². The fourth-order valence-corrected chi connectivity index (χ4v) is 2.52. The molecule has 0 spiro atoms. The summed E-state index contributed by atoms with van der Waals surface area (Å²) in [5.41, 5.74) is 6.80. The average molecular weight is 262 g/mol. The maximum absolute atomic E-state index is 5.86. The number of hydrogen-bond acceptors (Lipinski definition) is 5. The van der Waals surface area contributed by atoms with Gasteiger partial charge in [0.05, 0.1) is 6.54 Å². The van der Waals surface area contributed by atoms with Gasteiger partial charge in [-0.15, -0.1) is 11.3 Å². The van der Waals surface area contributed by atoms with E-state index < -0.39 is 0 Å². The van der Waals surface area contributed by atoms with E-state index in [2.05, 4.69) is 46.2 Å². The van der Waals surface area contributed by atoms with Crippen LogP contribution < -0.4 is 10.6 Å². The molecule has 96 valence electrons. The maximum Gasteiger partial charge on any atom is 0.137 e. The minimum Gasteiger partial charge on any atom is -0.383 e. The third-order valence-electron chi connectivity index (χ3n) is 2.90. The Morgan fingerprint density at radius 3 is 2.78 bits per heavy atom. The van der Waals surface area contributed by atoms with Crippen LogP contribution in [-0.4, -0.2) is 16.0 Å². The summed E-state index contributed by atoms with van der Waals surface area (Å²) in [6.07, 6.45) is 1.53. The molecule has 0 radical (unpaired) electrons. The Labute approximate surface area is 111 Å². The molecule has 0 bridgehead atoms. The zero-order chi connectivity index (χ0) is 13.1. The third kappa shape index (κ3) is 2.61. The summed E-state index contributed by atoms with van der Waals surface area (Å²) < 4.78 is 0. The van der Waals surface area contributed by atoms with E-state index in [4.69, 9.17) is 5.73 Å². The second kappa shape index (κ2) is 5.35. The van der Waals surface area contributed by atoms with Crippen molar-refractivity contribution in [1.29, 1.82) is 0 Å².